The van der Waals surface area contributed by atoms with E-state index in [1.54, 1.807) is 0 Å². The summed E-state index contributed by atoms with van der Waals surface area (Å²) in [6.07, 6.45) is -4.59. The zero-order valence-corrected chi connectivity index (χ0v) is 15.6. The van der Waals surface area contributed by atoms with Gasteiger partial charge in [0, 0.05) is 19.6 Å². The van der Waals surface area contributed by atoms with Gasteiger partial charge in [-0.1, -0.05) is 29.8 Å². The van der Waals surface area contributed by atoms with E-state index in [-0.39, 0.29) is 23.8 Å². The van der Waals surface area contributed by atoms with Crippen molar-refractivity contribution in [1.82, 2.24) is 10.0 Å². The Hall–Kier alpha value is -1.32. The summed E-state index contributed by atoms with van der Waals surface area (Å²) in [5.41, 5.74) is 2.03. The minimum Gasteiger partial charge on any atom is -0.309 e. The topological polar surface area (TPSA) is 58.2 Å². The molecule has 4 nitrogen and oxygen atoms in total. The number of nitrogens with one attached hydrogen (secondary N) is 2. The quantitative estimate of drug-likeness (QED) is 0.779. The molecule has 0 amide bonds. The van der Waals surface area contributed by atoms with E-state index in [0.717, 1.165) is 35.8 Å². The lowest BCUT2D eigenvalue weighted by Gasteiger charge is -2.12. The van der Waals surface area contributed by atoms with Crippen molar-refractivity contribution in [2.24, 2.45) is 0 Å². The highest BCUT2D eigenvalue weighted by molar-refractivity contribution is 7.89. The van der Waals surface area contributed by atoms with E-state index in [1.807, 2.05) is 18.2 Å². The second-order valence-corrected chi connectivity index (χ2v) is 7.82. The highest BCUT2D eigenvalue weighted by Crippen LogP contribution is 2.33. The van der Waals surface area contributed by atoms with E-state index in [0.29, 0.717) is 12.1 Å². The number of hydrogen-bond acceptors (Lipinski definition) is 3. The summed E-state index contributed by atoms with van der Waals surface area (Å²) < 4.78 is 65.0. The van der Waals surface area contributed by atoms with Crippen LogP contribution in [0.25, 0.3) is 0 Å². The smallest absolute Gasteiger partial charge is 0.309 e. The lowest BCUT2D eigenvalue weighted by molar-refractivity contribution is -0.137. The fourth-order valence-electron chi connectivity index (χ4n) is 2.61. The zero-order chi connectivity index (χ0) is 18.2. The van der Waals surface area contributed by atoms with Gasteiger partial charge in [0.15, 0.2) is 0 Å². The van der Waals surface area contributed by atoms with Gasteiger partial charge < -0.3 is 5.32 Å². The second kappa shape index (κ2) is 7.74. The molecule has 1 heterocycles. The maximum Gasteiger partial charge on any atom is 0.416 e. The molecule has 0 aliphatic carbocycles. The molecule has 0 spiro atoms. The van der Waals surface area contributed by atoms with Crippen LogP contribution in [-0.4, -0.2) is 8.42 Å². The van der Waals surface area contributed by atoms with Gasteiger partial charge in [0.05, 0.1) is 10.6 Å². The first-order valence-corrected chi connectivity index (χ1v) is 9.21. The van der Waals surface area contributed by atoms with Crippen LogP contribution in [0, 0.1) is 0 Å². The molecule has 0 atom stereocenters. The monoisotopic (exact) mass is 426 g/mol. The Balaban J connectivity index is 0.00000243. The van der Waals surface area contributed by atoms with Crippen molar-refractivity contribution in [1.29, 1.82) is 0 Å². The normalized spacial score (nSPS) is 14.0. The van der Waals surface area contributed by atoms with Gasteiger partial charge in [-0.3, -0.25) is 0 Å². The molecular weight excluding hydrogens is 412 g/mol. The Kier molecular flexibility index (Phi) is 6.24. The summed E-state index contributed by atoms with van der Waals surface area (Å²) in [7, 11) is -4.03. The van der Waals surface area contributed by atoms with Crippen LogP contribution in [0.1, 0.15) is 22.3 Å². The molecule has 3 rings (SSSR count). The summed E-state index contributed by atoms with van der Waals surface area (Å²) in [5.74, 6) is 0. The van der Waals surface area contributed by atoms with Crippen molar-refractivity contribution < 1.29 is 21.6 Å². The first kappa shape index (κ1) is 21.0. The minimum atomic E-state index is -4.59. The van der Waals surface area contributed by atoms with Gasteiger partial charge in [0.25, 0.3) is 0 Å². The minimum absolute atomic E-state index is 0. The number of alkyl halides is 3. The van der Waals surface area contributed by atoms with E-state index in [9.17, 15) is 21.6 Å². The Morgan fingerprint density at radius 1 is 1.08 bits per heavy atom. The molecule has 0 aromatic heterocycles. The van der Waals surface area contributed by atoms with Crippen LogP contribution < -0.4 is 10.0 Å². The van der Waals surface area contributed by atoms with Crippen molar-refractivity contribution >= 4 is 34.0 Å². The van der Waals surface area contributed by atoms with Crippen LogP contribution in [0.2, 0.25) is 5.02 Å². The van der Waals surface area contributed by atoms with Crippen molar-refractivity contribution in [3.05, 3.63) is 63.7 Å². The highest BCUT2D eigenvalue weighted by Gasteiger charge is 2.32. The Morgan fingerprint density at radius 3 is 2.42 bits per heavy atom. The molecule has 10 heteroatoms. The maximum absolute atomic E-state index is 12.6. The first-order valence-electron chi connectivity index (χ1n) is 7.34. The molecular formula is C16H15Cl2F3N2O2S. The fraction of sp³-hybridized carbons (Fsp3) is 0.250. The molecule has 0 saturated heterocycles. The highest BCUT2D eigenvalue weighted by atomic mass is 35.5. The van der Waals surface area contributed by atoms with E-state index in [4.69, 9.17) is 11.6 Å². The Bertz CT molecular complexity index is 918. The lowest BCUT2D eigenvalue weighted by atomic mass is 10.1. The summed E-state index contributed by atoms with van der Waals surface area (Å²) >= 11 is 5.75. The van der Waals surface area contributed by atoms with Gasteiger partial charge in [-0.05, 0) is 34.9 Å². The molecule has 2 aromatic carbocycles. The molecule has 2 aromatic rings. The zero-order valence-electron chi connectivity index (χ0n) is 13.2. The van der Waals surface area contributed by atoms with Gasteiger partial charge in [-0.15, -0.1) is 12.4 Å². The summed E-state index contributed by atoms with van der Waals surface area (Å²) in [6, 6.07) is 7.79. The number of sulfonamides is 1. The van der Waals surface area contributed by atoms with Crippen molar-refractivity contribution in [3.63, 3.8) is 0 Å². The molecule has 0 bridgehead atoms. The largest absolute Gasteiger partial charge is 0.416 e. The van der Waals surface area contributed by atoms with Crippen LogP contribution in [0.3, 0.4) is 0 Å². The third-order valence-corrected chi connectivity index (χ3v) is 5.80. The van der Waals surface area contributed by atoms with Crippen LogP contribution in [0.5, 0.6) is 0 Å². The van der Waals surface area contributed by atoms with Gasteiger partial charge >= 0.3 is 6.18 Å². The molecule has 2 N–H and O–H groups in total. The number of hydrogen-bond donors (Lipinski definition) is 2. The average Bonchev–Trinajstić information content (AvgIpc) is 2.99. The van der Waals surface area contributed by atoms with Gasteiger partial charge in [-0.25, -0.2) is 13.1 Å². The predicted octanol–water partition coefficient (Wildman–Crippen LogP) is 3.86. The number of halogens is 5. The van der Waals surface area contributed by atoms with Crippen LogP contribution >= 0.6 is 24.0 Å². The average molecular weight is 427 g/mol. The third kappa shape index (κ3) is 4.50. The molecule has 1 aliphatic heterocycles. The third-order valence-electron chi connectivity index (χ3n) is 3.92. The molecule has 0 radical (unpaired) electrons. The summed E-state index contributed by atoms with van der Waals surface area (Å²) in [6.45, 7) is 1.52. The standard InChI is InChI=1S/C16H14ClF3N2O2S.ClH/c17-14-6-13(16(18,19)20)3-4-15(14)25(23,24)22-7-10-1-2-11-8-21-9-12(11)5-10;/h1-6,21-22H,7-9H2;1H. The maximum atomic E-state index is 12.6. The fourth-order valence-corrected chi connectivity index (χ4v) is 4.17. The Morgan fingerprint density at radius 2 is 1.77 bits per heavy atom. The van der Waals surface area contributed by atoms with Crippen LogP contribution in [-0.2, 0) is 35.8 Å². The van der Waals surface area contributed by atoms with Gasteiger partial charge in [0.2, 0.25) is 10.0 Å². The molecule has 142 valence electrons. The van der Waals surface area contributed by atoms with E-state index < -0.39 is 26.8 Å². The lowest BCUT2D eigenvalue weighted by Crippen LogP contribution is -2.24. The number of rotatable bonds is 4. The molecule has 1 aliphatic rings. The van der Waals surface area contributed by atoms with E-state index in [1.165, 1.54) is 0 Å². The summed E-state index contributed by atoms with van der Waals surface area (Å²) in [4.78, 5) is -0.384. The Labute approximate surface area is 160 Å². The molecule has 26 heavy (non-hydrogen) atoms. The van der Waals surface area contributed by atoms with Crippen LogP contribution in [0.15, 0.2) is 41.3 Å². The van der Waals surface area contributed by atoms with Gasteiger partial charge in [0.1, 0.15) is 4.90 Å². The number of benzene rings is 2. The molecule has 0 fully saturated rings. The second-order valence-electron chi connectivity index (χ2n) is 5.67. The van der Waals surface area contributed by atoms with Crippen LogP contribution in [0.4, 0.5) is 13.2 Å². The van der Waals surface area contributed by atoms with E-state index >= 15 is 0 Å². The molecule has 0 unspecified atom stereocenters. The van der Waals surface area contributed by atoms with Crippen molar-refractivity contribution in [2.75, 3.05) is 0 Å². The molecule has 0 saturated carbocycles. The summed E-state index contributed by atoms with van der Waals surface area (Å²) in [5, 5.41) is 2.72. The van der Waals surface area contributed by atoms with Crippen molar-refractivity contribution in [2.45, 2.75) is 30.7 Å². The number of fused-ring (bicyclic) bond motifs is 1. The SMILES string of the molecule is Cl.O=S(=O)(NCc1ccc2c(c1)CNC2)c1ccc(C(F)(F)F)cc1Cl. The van der Waals surface area contributed by atoms with Crippen molar-refractivity contribution in [3.8, 4) is 0 Å². The first-order chi connectivity index (χ1) is 11.7. The van der Waals surface area contributed by atoms with Gasteiger partial charge in [-0.2, -0.15) is 13.2 Å². The van der Waals surface area contributed by atoms with E-state index in [2.05, 4.69) is 10.0 Å². The predicted molar refractivity (Wildman–Crippen MR) is 94.7 cm³/mol.